The van der Waals surface area contributed by atoms with E-state index in [1.54, 1.807) is 0 Å². The van der Waals surface area contributed by atoms with Crippen LogP contribution in [0, 0.1) is 0 Å². The summed E-state index contributed by atoms with van der Waals surface area (Å²) in [6, 6.07) is 7.96. The molecule has 0 atom stereocenters. The van der Waals surface area contributed by atoms with Crippen LogP contribution < -0.4 is 0 Å². The topological polar surface area (TPSA) is 25.8 Å². The van der Waals surface area contributed by atoms with Crippen LogP contribution in [0.5, 0.6) is 0 Å². The quantitative estimate of drug-likeness (QED) is 0.743. The first-order valence-corrected chi connectivity index (χ1v) is 5.61. The van der Waals surface area contributed by atoms with Gasteiger partial charge in [-0.3, -0.25) is 4.98 Å². The van der Waals surface area contributed by atoms with Crippen molar-refractivity contribution in [2.45, 2.75) is 33.6 Å². The van der Waals surface area contributed by atoms with Crippen molar-refractivity contribution in [3.8, 4) is 0 Å². The van der Waals surface area contributed by atoms with Crippen LogP contribution in [0.1, 0.15) is 32.9 Å². The van der Waals surface area contributed by atoms with E-state index in [1.165, 1.54) is 0 Å². The Morgan fingerprint density at radius 2 is 1.73 bits per heavy atom. The highest BCUT2D eigenvalue weighted by molar-refractivity contribution is 5.73. The standard InChI is InChI=1S/C11H12N2.C2H6/c1-2-5-9-8-12-10-6-3-4-7-11(10)13-9;1-2/h3-4,6-8H,2,5H2,1H3;1-2H3. The highest BCUT2D eigenvalue weighted by atomic mass is 14.8. The monoisotopic (exact) mass is 202 g/mol. The molecule has 2 rings (SSSR count). The van der Waals surface area contributed by atoms with E-state index < -0.39 is 0 Å². The van der Waals surface area contributed by atoms with Gasteiger partial charge in [0.2, 0.25) is 0 Å². The summed E-state index contributed by atoms with van der Waals surface area (Å²) in [7, 11) is 0. The summed E-state index contributed by atoms with van der Waals surface area (Å²) in [6.07, 6.45) is 4.00. The van der Waals surface area contributed by atoms with Gasteiger partial charge in [-0.25, -0.2) is 4.98 Å². The molecule has 2 aromatic rings. The van der Waals surface area contributed by atoms with E-state index in [2.05, 4.69) is 16.9 Å². The Morgan fingerprint density at radius 3 is 2.40 bits per heavy atom. The van der Waals surface area contributed by atoms with E-state index in [9.17, 15) is 0 Å². The fourth-order valence-electron chi connectivity index (χ4n) is 1.37. The van der Waals surface area contributed by atoms with Crippen molar-refractivity contribution < 1.29 is 0 Å². The lowest BCUT2D eigenvalue weighted by atomic mass is 10.2. The Morgan fingerprint density at radius 1 is 1.07 bits per heavy atom. The first kappa shape index (κ1) is 11.6. The smallest absolute Gasteiger partial charge is 0.0890 e. The van der Waals surface area contributed by atoms with Gasteiger partial charge in [-0.2, -0.15) is 0 Å². The number of hydrogen-bond donors (Lipinski definition) is 0. The van der Waals surface area contributed by atoms with Crippen LogP contribution in [0.15, 0.2) is 30.5 Å². The number of nitrogens with zero attached hydrogens (tertiary/aromatic N) is 2. The third-order valence-electron chi connectivity index (χ3n) is 2.00. The van der Waals surface area contributed by atoms with Crippen LogP contribution >= 0.6 is 0 Å². The minimum absolute atomic E-state index is 0.974. The zero-order chi connectivity index (χ0) is 11.1. The van der Waals surface area contributed by atoms with Crippen LogP contribution in [0.2, 0.25) is 0 Å². The number of fused-ring (bicyclic) bond motifs is 1. The number of para-hydroxylation sites is 2. The van der Waals surface area contributed by atoms with Crippen LogP contribution in [0.4, 0.5) is 0 Å². The normalized spacial score (nSPS) is 9.53. The van der Waals surface area contributed by atoms with Gasteiger partial charge in [0.25, 0.3) is 0 Å². The maximum absolute atomic E-state index is 4.50. The molecule has 0 aliphatic heterocycles. The Hall–Kier alpha value is -1.44. The summed E-state index contributed by atoms with van der Waals surface area (Å²) in [6.45, 7) is 6.15. The summed E-state index contributed by atoms with van der Waals surface area (Å²) in [5.41, 5.74) is 3.05. The fraction of sp³-hybridized carbons (Fsp3) is 0.385. The second-order valence-electron chi connectivity index (χ2n) is 3.10. The molecular formula is C13H18N2. The minimum atomic E-state index is 0.974. The molecule has 0 saturated carbocycles. The van der Waals surface area contributed by atoms with E-state index in [4.69, 9.17) is 0 Å². The molecular weight excluding hydrogens is 184 g/mol. The molecule has 2 nitrogen and oxygen atoms in total. The van der Waals surface area contributed by atoms with Crippen LogP contribution in [0.25, 0.3) is 11.0 Å². The van der Waals surface area contributed by atoms with Crippen molar-refractivity contribution in [3.05, 3.63) is 36.2 Å². The molecule has 0 fully saturated rings. The molecule has 2 heteroatoms. The largest absolute Gasteiger partial charge is 0.253 e. The Balaban J connectivity index is 0.000000531. The average Bonchev–Trinajstić information content (AvgIpc) is 2.32. The molecule has 1 heterocycles. The van der Waals surface area contributed by atoms with Gasteiger partial charge in [-0.15, -0.1) is 0 Å². The van der Waals surface area contributed by atoms with Crippen molar-refractivity contribution in [2.75, 3.05) is 0 Å². The summed E-state index contributed by atoms with van der Waals surface area (Å²) >= 11 is 0. The lowest BCUT2D eigenvalue weighted by Crippen LogP contribution is -1.91. The number of hydrogen-bond acceptors (Lipinski definition) is 2. The molecule has 15 heavy (non-hydrogen) atoms. The predicted octanol–water partition coefficient (Wildman–Crippen LogP) is 3.61. The summed E-state index contributed by atoms with van der Waals surface area (Å²) in [4.78, 5) is 8.84. The number of aromatic nitrogens is 2. The fourth-order valence-corrected chi connectivity index (χ4v) is 1.37. The third-order valence-corrected chi connectivity index (χ3v) is 2.00. The molecule has 0 aliphatic carbocycles. The van der Waals surface area contributed by atoms with E-state index >= 15 is 0 Å². The third kappa shape index (κ3) is 3.01. The van der Waals surface area contributed by atoms with Crippen molar-refractivity contribution in [1.29, 1.82) is 0 Å². The van der Waals surface area contributed by atoms with E-state index in [0.717, 1.165) is 29.6 Å². The van der Waals surface area contributed by atoms with Crippen molar-refractivity contribution in [2.24, 2.45) is 0 Å². The molecule has 1 aromatic heterocycles. The van der Waals surface area contributed by atoms with Gasteiger partial charge in [0.15, 0.2) is 0 Å². The maximum Gasteiger partial charge on any atom is 0.0890 e. The number of rotatable bonds is 2. The summed E-state index contributed by atoms with van der Waals surface area (Å²) in [5, 5.41) is 0. The van der Waals surface area contributed by atoms with E-state index in [0.29, 0.717) is 0 Å². The molecule has 0 unspecified atom stereocenters. The zero-order valence-corrected chi connectivity index (χ0v) is 9.70. The second-order valence-corrected chi connectivity index (χ2v) is 3.10. The minimum Gasteiger partial charge on any atom is -0.253 e. The van der Waals surface area contributed by atoms with Gasteiger partial charge in [0, 0.05) is 6.20 Å². The molecule has 0 spiro atoms. The molecule has 80 valence electrons. The van der Waals surface area contributed by atoms with Crippen LogP contribution in [-0.4, -0.2) is 9.97 Å². The molecule has 0 amide bonds. The Labute approximate surface area is 91.4 Å². The second kappa shape index (κ2) is 6.12. The number of benzene rings is 1. The molecule has 0 aliphatic rings. The van der Waals surface area contributed by atoms with Gasteiger partial charge < -0.3 is 0 Å². The Bertz CT molecular complexity index is 410. The summed E-state index contributed by atoms with van der Waals surface area (Å²) < 4.78 is 0. The Kier molecular flexibility index (Phi) is 4.75. The highest BCUT2D eigenvalue weighted by Gasteiger charge is 1.96. The molecule has 0 saturated heterocycles. The van der Waals surface area contributed by atoms with E-state index in [-0.39, 0.29) is 0 Å². The summed E-state index contributed by atoms with van der Waals surface area (Å²) in [5.74, 6) is 0. The lowest BCUT2D eigenvalue weighted by molar-refractivity contribution is 0.881. The van der Waals surface area contributed by atoms with E-state index in [1.807, 2.05) is 44.3 Å². The predicted molar refractivity (Wildman–Crippen MR) is 64.9 cm³/mol. The lowest BCUT2D eigenvalue weighted by Gasteiger charge is -1.99. The van der Waals surface area contributed by atoms with Crippen molar-refractivity contribution >= 4 is 11.0 Å². The SMILES string of the molecule is CC.CCCc1cnc2ccccc2n1. The zero-order valence-electron chi connectivity index (χ0n) is 9.70. The molecule has 0 bridgehead atoms. The first-order valence-electron chi connectivity index (χ1n) is 5.61. The number of aryl methyl sites for hydroxylation is 1. The molecule has 0 radical (unpaired) electrons. The molecule has 0 N–H and O–H groups in total. The van der Waals surface area contributed by atoms with Crippen molar-refractivity contribution in [3.63, 3.8) is 0 Å². The van der Waals surface area contributed by atoms with Gasteiger partial charge in [0.1, 0.15) is 0 Å². The van der Waals surface area contributed by atoms with Crippen LogP contribution in [0.3, 0.4) is 0 Å². The maximum atomic E-state index is 4.50. The van der Waals surface area contributed by atoms with Crippen molar-refractivity contribution in [1.82, 2.24) is 9.97 Å². The average molecular weight is 202 g/mol. The van der Waals surface area contributed by atoms with Gasteiger partial charge >= 0.3 is 0 Å². The highest BCUT2D eigenvalue weighted by Crippen LogP contribution is 2.09. The van der Waals surface area contributed by atoms with Gasteiger partial charge in [-0.1, -0.05) is 39.3 Å². The van der Waals surface area contributed by atoms with Gasteiger partial charge in [0.05, 0.1) is 16.7 Å². The first-order chi connectivity index (χ1) is 7.40. The van der Waals surface area contributed by atoms with Gasteiger partial charge in [-0.05, 0) is 18.6 Å². The van der Waals surface area contributed by atoms with Crippen LogP contribution in [-0.2, 0) is 6.42 Å². The molecule has 1 aromatic carbocycles.